The second-order valence-electron chi connectivity index (χ2n) is 21.1. The van der Waals surface area contributed by atoms with Crippen LogP contribution in [0, 0.1) is 0 Å². The van der Waals surface area contributed by atoms with E-state index in [-0.39, 0.29) is 56.8 Å². The first-order chi connectivity index (χ1) is 35.9. The predicted octanol–water partition coefficient (Wildman–Crippen LogP) is 15.4. The number of carbonyl (C=O) groups is 4. The van der Waals surface area contributed by atoms with Crippen LogP contribution in [0.2, 0.25) is 0 Å². The van der Waals surface area contributed by atoms with E-state index in [0.29, 0.717) is 64.5 Å². The lowest BCUT2D eigenvalue weighted by Gasteiger charge is -2.21. The molecule has 14 nitrogen and oxygen atoms in total. The third-order valence-corrected chi connectivity index (χ3v) is 14.7. The van der Waals surface area contributed by atoms with Crippen LogP contribution >= 0.6 is 7.82 Å². The van der Waals surface area contributed by atoms with E-state index < -0.39 is 32.5 Å². The van der Waals surface area contributed by atoms with Gasteiger partial charge in [-0.25, -0.2) is 4.57 Å². The van der Waals surface area contributed by atoms with Crippen molar-refractivity contribution in [3.63, 3.8) is 0 Å². The minimum absolute atomic E-state index is 0.0133. The van der Waals surface area contributed by atoms with Gasteiger partial charge in [-0.3, -0.25) is 28.2 Å². The van der Waals surface area contributed by atoms with Gasteiger partial charge in [-0.15, -0.1) is 0 Å². The van der Waals surface area contributed by atoms with Crippen molar-refractivity contribution in [2.45, 2.75) is 309 Å². The highest BCUT2D eigenvalue weighted by atomic mass is 31.2. The summed E-state index contributed by atoms with van der Waals surface area (Å²) >= 11 is 0. The van der Waals surface area contributed by atoms with Crippen molar-refractivity contribution in [3.8, 4) is 0 Å². The number of phosphoric acid groups is 1. The molecule has 0 spiro atoms. The summed E-state index contributed by atoms with van der Waals surface area (Å²) in [5.41, 5.74) is 0. The van der Waals surface area contributed by atoms with Gasteiger partial charge in [0.2, 0.25) is 0 Å². The Morgan fingerprint density at radius 3 is 1.09 bits per heavy atom. The summed E-state index contributed by atoms with van der Waals surface area (Å²) in [6.07, 6.45) is 38.4. The molecule has 0 amide bonds. The van der Waals surface area contributed by atoms with Gasteiger partial charge in [-0.2, -0.15) is 0 Å². The molecule has 0 saturated carbocycles. The molecule has 74 heavy (non-hydrogen) atoms. The number of esters is 4. The van der Waals surface area contributed by atoms with Crippen LogP contribution in [0.1, 0.15) is 291 Å². The van der Waals surface area contributed by atoms with Gasteiger partial charge in [-0.05, 0) is 90.5 Å². The quantitative estimate of drug-likeness (QED) is 0.0254. The highest BCUT2D eigenvalue weighted by Gasteiger charge is 2.26. The number of hydrogen-bond donors (Lipinski definition) is 2. The Hall–Kier alpha value is -2.09. The average Bonchev–Trinajstić information content (AvgIpc) is 3.37. The van der Waals surface area contributed by atoms with Crippen molar-refractivity contribution >= 4 is 31.7 Å². The smallest absolute Gasteiger partial charge is 0.462 e. The lowest BCUT2D eigenvalue weighted by molar-refractivity contribution is -0.161. The van der Waals surface area contributed by atoms with Gasteiger partial charge in [-0.1, -0.05) is 182 Å². The van der Waals surface area contributed by atoms with E-state index in [2.05, 4.69) is 27.7 Å². The zero-order chi connectivity index (χ0) is 54.6. The Morgan fingerprint density at radius 1 is 0.405 bits per heavy atom. The Kier molecular flexibility index (Phi) is 51.4. The van der Waals surface area contributed by atoms with Gasteiger partial charge in [0.15, 0.2) is 6.10 Å². The molecule has 2 N–H and O–H groups in total. The first-order valence-corrected chi connectivity index (χ1v) is 32.0. The number of ether oxygens (including phenoxy) is 4. The standard InChI is InChI=1S/C59H114NO13P/c1-6-10-14-18-22-30-39-53(40-31-23-19-15-11-7-2)71-57(63)44-35-27-26-34-43-56(62)68-51-55(52-70-74(66,67)69-50-48-60(5)47-38-49-61)73-59(65)46-37-29-28-36-45-58(64)72-54(41-32-24-20-16-12-8-3)42-33-25-21-17-13-9-4/h53-55,61H,6-52H2,1-5H3,(H,66,67). The van der Waals surface area contributed by atoms with E-state index in [1.54, 1.807) is 7.05 Å². The predicted molar refractivity (Wildman–Crippen MR) is 299 cm³/mol. The molecule has 0 aromatic carbocycles. The summed E-state index contributed by atoms with van der Waals surface area (Å²) in [6, 6.07) is 0. The fourth-order valence-electron chi connectivity index (χ4n) is 9.01. The number of phosphoric ester groups is 1. The zero-order valence-corrected chi connectivity index (χ0v) is 49.1. The Morgan fingerprint density at radius 2 is 0.730 bits per heavy atom. The van der Waals surface area contributed by atoms with Gasteiger partial charge >= 0.3 is 31.7 Å². The summed E-state index contributed by atoms with van der Waals surface area (Å²) in [7, 11) is -2.74. The molecule has 0 aliphatic heterocycles. The van der Waals surface area contributed by atoms with E-state index >= 15 is 0 Å². The van der Waals surface area contributed by atoms with E-state index in [4.69, 9.17) is 33.1 Å². The lowest BCUT2D eigenvalue weighted by atomic mass is 10.0. The molecule has 0 rings (SSSR count). The van der Waals surface area contributed by atoms with Gasteiger partial charge in [0, 0.05) is 45.4 Å². The molecule has 15 heteroatoms. The van der Waals surface area contributed by atoms with E-state index in [1.807, 2.05) is 4.90 Å². The molecule has 0 aliphatic carbocycles. The fourth-order valence-corrected chi connectivity index (χ4v) is 9.75. The summed E-state index contributed by atoms with van der Waals surface area (Å²) in [4.78, 5) is 63.7. The Bertz CT molecular complexity index is 1320. The van der Waals surface area contributed by atoms with Gasteiger partial charge in [0.1, 0.15) is 18.8 Å². The minimum atomic E-state index is -4.54. The molecule has 438 valence electrons. The average molecular weight is 1080 g/mol. The van der Waals surface area contributed by atoms with Crippen LogP contribution < -0.4 is 0 Å². The number of unbranched alkanes of at least 4 members (excludes halogenated alkanes) is 26. The number of aliphatic hydroxyl groups excluding tert-OH is 1. The van der Waals surface area contributed by atoms with Gasteiger partial charge in [0.25, 0.3) is 0 Å². The SMILES string of the molecule is CCCCCCCCC(CCCCCCCC)OC(=O)CCCCCCC(=O)OCC(COP(=O)(O)OCCN(C)CCCO)OC(=O)CCCCCCC(=O)OC(CCCCCCCC)CCCCCCCC. The molecule has 2 unspecified atom stereocenters. The highest BCUT2D eigenvalue weighted by Crippen LogP contribution is 2.43. The Labute approximate surface area is 452 Å². The summed E-state index contributed by atoms with van der Waals surface area (Å²) in [6.45, 7) is 8.84. The third kappa shape index (κ3) is 49.5. The van der Waals surface area contributed by atoms with Crippen LogP contribution in [0.15, 0.2) is 0 Å². The van der Waals surface area contributed by atoms with Crippen molar-refractivity contribution in [2.24, 2.45) is 0 Å². The van der Waals surface area contributed by atoms with Crippen molar-refractivity contribution in [2.75, 3.05) is 46.6 Å². The van der Waals surface area contributed by atoms with Crippen LogP contribution in [-0.4, -0.2) is 104 Å². The number of carbonyl (C=O) groups excluding carboxylic acids is 4. The van der Waals surface area contributed by atoms with Crippen molar-refractivity contribution in [1.29, 1.82) is 0 Å². The van der Waals surface area contributed by atoms with Crippen LogP contribution in [-0.2, 0) is 51.7 Å². The summed E-state index contributed by atoms with van der Waals surface area (Å²) in [5.74, 6) is -1.35. The molecule has 0 radical (unpaired) electrons. The lowest BCUT2D eigenvalue weighted by Crippen LogP contribution is -2.30. The van der Waals surface area contributed by atoms with Crippen LogP contribution in [0.3, 0.4) is 0 Å². The molecular weight excluding hydrogens is 962 g/mol. The Balaban J connectivity index is 4.99. The van der Waals surface area contributed by atoms with Gasteiger partial charge < -0.3 is 33.8 Å². The van der Waals surface area contributed by atoms with E-state index in [1.165, 1.54) is 128 Å². The molecule has 0 saturated heterocycles. The van der Waals surface area contributed by atoms with Crippen molar-refractivity contribution < 1.29 is 61.7 Å². The van der Waals surface area contributed by atoms with Crippen LogP contribution in [0.25, 0.3) is 0 Å². The maximum Gasteiger partial charge on any atom is 0.472 e. The molecular formula is C59H114NO13P. The van der Waals surface area contributed by atoms with Crippen LogP contribution in [0.5, 0.6) is 0 Å². The number of rotatable bonds is 57. The molecule has 0 heterocycles. The topological polar surface area (TPSA) is 184 Å². The van der Waals surface area contributed by atoms with E-state index in [9.17, 15) is 28.6 Å². The number of hydrogen-bond acceptors (Lipinski definition) is 13. The minimum Gasteiger partial charge on any atom is -0.462 e. The number of nitrogens with zero attached hydrogens (tertiary/aromatic N) is 1. The normalized spacial score (nSPS) is 12.9. The maximum atomic E-state index is 13.0. The number of aliphatic hydroxyl groups is 1. The van der Waals surface area contributed by atoms with Gasteiger partial charge in [0.05, 0.1) is 13.2 Å². The number of likely N-dealkylation sites (N-methyl/N-ethyl adjacent to an activating group) is 1. The summed E-state index contributed by atoms with van der Waals surface area (Å²) < 4.78 is 46.1. The molecule has 2 atom stereocenters. The molecule has 0 fully saturated rings. The third-order valence-electron chi connectivity index (χ3n) is 13.7. The second kappa shape index (κ2) is 52.9. The van der Waals surface area contributed by atoms with Crippen molar-refractivity contribution in [1.82, 2.24) is 4.90 Å². The molecule has 0 bridgehead atoms. The summed E-state index contributed by atoms with van der Waals surface area (Å²) in [5, 5.41) is 9.07. The van der Waals surface area contributed by atoms with Crippen molar-refractivity contribution in [3.05, 3.63) is 0 Å². The second-order valence-corrected chi connectivity index (χ2v) is 22.5. The van der Waals surface area contributed by atoms with E-state index in [0.717, 1.165) is 70.6 Å². The monoisotopic (exact) mass is 1080 g/mol. The maximum absolute atomic E-state index is 13.0. The first-order valence-electron chi connectivity index (χ1n) is 30.5. The molecule has 0 aliphatic rings. The molecule has 0 aromatic rings. The van der Waals surface area contributed by atoms with Crippen LogP contribution in [0.4, 0.5) is 0 Å². The largest absolute Gasteiger partial charge is 0.472 e. The first kappa shape index (κ1) is 71.9. The fraction of sp³-hybridized carbons (Fsp3) is 0.932. The zero-order valence-electron chi connectivity index (χ0n) is 48.2. The highest BCUT2D eigenvalue weighted by molar-refractivity contribution is 7.47. The molecule has 0 aromatic heterocycles.